The van der Waals surface area contributed by atoms with Crippen LogP contribution in [-0.2, 0) is 4.79 Å². The number of rotatable bonds is 2. The van der Waals surface area contributed by atoms with E-state index in [1.807, 2.05) is 0 Å². The molecule has 0 spiro atoms. The first-order valence-corrected chi connectivity index (χ1v) is 7.70. The van der Waals surface area contributed by atoms with Crippen molar-refractivity contribution in [2.24, 2.45) is 0 Å². The van der Waals surface area contributed by atoms with Gasteiger partial charge in [-0.2, -0.15) is 0 Å². The van der Waals surface area contributed by atoms with Crippen molar-refractivity contribution in [3.63, 3.8) is 0 Å². The van der Waals surface area contributed by atoms with Crippen LogP contribution < -0.4 is 0 Å². The van der Waals surface area contributed by atoms with Gasteiger partial charge in [-0.05, 0) is 31.0 Å². The van der Waals surface area contributed by atoms with Crippen molar-refractivity contribution in [1.29, 1.82) is 0 Å². The summed E-state index contributed by atoms with van der Waals surface area (Å²) in [7, 11) is 1.80. The maximum absolute atomic E-state index is 12.4. The number of halogens is 1. The van der Waals surface area contributed by atoms with Gasteiger partial charge in [0.2, 0.25) is 5.91 Å². The van der Waals surface area contributed by atoms with Crippen LogP contribution in [0.15, 0.2) is 22.7 Å². The minimum atomic E-state index is -0.169. The number of hydrogen-bond donors (Lipinski definition) is 1. The number of benzene rings is 1. The molecule has 1 heterocycles. The van der Waals surface area contributed by atoms with E-state index >= 15 is 0 Å². The molecule has 1 fully saturated rings. The SMILES string of the molecule is CC(=O)N(C)C1CCN(C(=O)c2cc(Br)ccc2O)CC1. The van der Waals surface area contributed by atoms with E-state index in [0.29, 0.717) is 18.7 Å². The highest BCUT2D eigenvalue weighted by molar-refractivity contribution is 9.10. The van der Waals surface area contributed by atoms with E-state index in [1.54, 1.807) is 35.9 Å². The molecule has 0 bridgehead atoms. The van der Waals surface area contributed by atoms with Crippen LogP contribution in [0.3, 0.4) is 0 Å². The Bertz CT molecular complexity index is 554. The van der Waals surface area contributed by atoms with Crippen LogP contribution in [0.5, 0.6) is 5.75 Å². The summed E-state index contributed by atoms with van der Waals surface area (Å²) in [5.74, 6) is -0.131. The lowest BCUT2D eigenvalue weighted by molar-refractivity contribution is -0.130. The number of nitrogens with zero attached hydrogens (tertiary/aromatic N) is 2. The van der Waals surface area contributed by atoms with Crippen molar-refractivity contribution in [2.75, 3.05) is 20.1 Å². The second kappa shape index (κ2) is 6.47. The van der Waals surface area contributed by atoms with Gasteiger partial charge in [0, 0.05) is 37.6 Å². The number of carbonyl (C=O) groups is 2. The standard InChI is InChI=1S/C15H19BrN2O3/c1-10(19)17(2)12-5-7-18(8-6-12)15(21)13-9-11(16)3-4-14(13)20/h3-4,9,12,20H,5-8H2,1-2H3. The third-order valence-electron chi connectivity index (χ3n) is 3.99. The van der Waals surface area contributed by atoms with Gasteiger partial charge in [0.25, 0.3) is 5.91 Å². The zero-order chi connectivity index (χ0) is 15.6. The van der Waals surface area contributed by atoms with E-state index in [4.69, 9.17) is 0 Å². The molecule has 6 heteroatoms. The van der Waals surface area contributed by atoms with Gasteiger partial charge >= 0.3 is 0 Å². The second-order valence-electron chi connectivity index (χ2n) is 5.31. The Labute approximate surface area is 132 Å². The zero-order valence-electron chi connectivity index (χ0n) is 12.2. The van der Waals surface area contributed by atoms with Crippen molar-refractivity contribution < 1.29 is 14.7 Å². The average molecular weight is 355 g/mol. The van der Waals surface area contributed by atoms with E-state index in [2.05, 4.69) is 15.9 Å². The fourth-order valence-corrected chi connectivity index (χ4v) is 2.92. The maximum Gasteiger partial charge on any atom is 0.257 e. The number of phenols is 1. The van der Waals surface area contributed by atoms with Crippen molar-refractivity contribution in [1.82, 2.24) is 9.80 Å². The van der Waals surface area contributed by atoms with Gasteiger partial charge in [0.15, 0.2) is 0 Å². The van der Waals surface area contributed by atoms with Gasteiger partial charge < -0.3 is 14.9 Å². The lowest BCUT2D eigenvalue weighted by atomic mass is 10.0. The van der Waals surface area contributed by atoms with Gasteiger partial charge in [-0.15, -0.1) is 0 Å². The summed E-state index contributed by atoms with van der Waals surface area (Å²) >= 11 is 3.31. The average Bonchev–Trinajstić information content (AvgIpc) is 2.48. The molecule has 2 amide bonds. The fraction of sp³-hybridized carbons (Fsp3) is 0.467. The molecule has 0 saturated carbocycles. The molecule has 21 heavy (non-hydrogen) atoms. The molecular weight excluding hydrogens is 336 g/mol. The fourth-order valence-electron chi connectivity index (χ4n) is 2.56. The molecule has 1 aliphatic heterocycles. The van der Waals surface area contributed by atoms with Gasteiger partial charge in [0.05, 0.1) is 5.56 Å². The van der Waals surface area contributed by atoms with Crippen molar-refractivity contribution in [3.8, 4) is 5.75 Å². The summed E-state index contributed by atoms with van der Waals surface area (Å²) < 4.78 is 0.759. The number of hydrogen-bond acceptors (Lipinski definition) is 3. The summed E-state index contributed by atoms with van der Waals surface area (Å²) in [6.45, 7) is 2.73. The second-order valence-corrected chi connectivity index (χ2v) is 6.23. The summed E-state index contributed by atoms with van der Waals surface area (Å²) in [6.07, 6.45) is 1.52. The number of amides is 2. The molecule has 0 aromatic heterocycles. The molecule has 0 radical (unpaired) electrons. The van der Waals surface area contributed by atoms with Gasteiger partial charge in [-0.3, -0.25) is 9.59 Å². The molecule has 2 rings (SSSR count). The normalized spacial score (nSPS) is 15.9. The molecule has 0 atom stereocenters. The van der Waals surface area contributed by atoms with Crippen molar-refractivity contribution in [3.05, 3.63) is 28.2 Å². The van der Waals surface area contributed by atoms with Crippen LogP contribution in [0.25, 0.3) is 0 Å². The first-order chi connectivity index (χ1) is 9.90. The third-order valence-corrected chi connectivity index (χ3v) is 4.48. The summed E-state index contributed by atoms with van der Waals surface area (Å²) in [5, 5.41) is 9.83. The molecule has 0 aliphatic carbocycles. The van der Waals surface area contributed by atoms with E-state index in [1.165, 1.54) is 6.07 Å². The minimum absolute atomic E-state index is 0.00817. The molecule has 1 aliphatic rings. The Kier molecular flexibility index (Phi) is 4.88. The Hall–Kier alpha value is -1.56. The lowest BCUT2D eigenvalue weighted by Crippen LogP contribution is -2.46. The van der Waals surface area contributed by atoms with Crippen LogP contribution >= 0.6 is 15.9 Å². The van der Waals surface area contributed by atoms with Crippen LogP contribution in [0.1, 0.15) is 30.1 Å². The van der Waals surface area contributed by atoms with E-state index in [0.717, 1.165) is 17.3 Å². The summed E-state index contributed by atoms with van der Waals surface area (Å²) in [6, 6.07) is 5.02. The van der Waals surface area contributed by atoms with Gasteiger partial charge in [0.1, 0.15) is 5.75 Å². The van der Waals surface area contributed by atoms with Crippen LogP contribution in [-0.4, -0.2) is 52.9 Å². The highest BCUT2D eigenvalue weighted by Gasteiger charge is 2.27. The quantitative estimate of drug-likeness (QED) is 0.885. The number of likely N-dealkylation sites (tertiary alicyclic amines) is 1. The molecule has 5 nitrogen and oxygen atoms in total. The van der Waals surface area contributed by atoms with Gasteiger partial charge in [-0.25, -0.2) is 0 Å². The Morgan fingerprint density at radius 1 is 1.33 bits per heavy atom. The maximum atomic E-state index is 12.4. The van der Waals surface area contributed by atoms with E-state index < -0.39 is 0 Å². The monoisotopic (exact) mass is 354 g/mol. The Balaban J connectivity index is 2.03. The molecule has 1 aromatic carbocycles. The Morgan fingerprint density at radius 2 is 1.95 bits per heavy atom. The largest absolute Gasteiger partial charge is 0.507 e. The van der Waals surface area contributed by atoms with Crippen LogP contribution in [0.2, 0.25) is 0 Å². The van der Waals surface area contributed by atoms with Crippen LogP contribution in [0.4, 0.5) is 0 Å². The van der Waals surface area contributed by atoms with E-state index in [-0.39, 0.29) is 23.6 Å². The summed E-state index contributed by atoms with van der Waals surface area (Å²) in [4.78, 5) is 27.3. The molecule has 1 saturated heterocycles. The number of phenolic OH excluding ortho intramolecular Hbond substituents is 1. The molecule has 114 valence electrons. The predicted octanol–water partition coefficient (Wildman–Crippen LogP) is 2.24. The first-order valence-electron chi connectivity index (χ1n) is 6.91. The van der Waals surface area contributed by atoms with Crippen molar-refractivity contribution in [2.45, 2.75) is 25.8 Å². The van der Waals surface area contributed by atoms with Gasteiger partial charge in [-0.1, -0.05) is 15.9 Å². The Morgan fingerprint density at radius 3 is 2.52 bits per heavy atom. The molecule has 1 N–H and O–H groups in total. The number of piperidine rings is 1. The minimum Gasteiger partial charge on any atom is -0.507 e. The number of carbonyl (C=O) groups excluding carboxylic acids is 2. The third kappa shape index (κ3) is 3.56. The predicted molar refractivity (Wildman–Crippen MR) is 83.2 cm³/mol. The lowest BCUT2D eigenvalue weighted by Gasteiger charge is -2.36. The number of aromatic hydroxyl groups is 1. The highest BCUT2D eigenvalue weighted by atomic mass is 79.9. The highest BCUT2D eigenvalue weighted by Crippen LogP contribution is 2.25. The smallest absolute Gasteiger partial charge is 0.257 e. The van der Waals surface area contributed by atoms with Crippen molar-refractivity contribution >= 4 is 27.7 Å². The topological polar surface area (TPSA) is 60.9 Å². The van der Waals surface area contributed by atoms with Crippen LogP contribution in [0, 0.1) is 0 Å². The first kappa shape index (κ1) is 15.8. The molecule has 1 aromatic rings. The zero-order valence-corrected chi connectivity index (χ0v) is 13.8. The molecular formula is C15H19BrN2O3. The van der Waals surface area contributed by atoms with E-state index in [9.17, 15) is 14.7 Å². The molecule has 0 unspecified atom stereocenters. The summed E-state index contributed by atoms with van der Waals surface area (Å²) in [5.41, 5.74) is 0.308.